The van der Waals surface area contributed by atoms with Crippen molar-refractivity contribution in [3.63, 3.8) is 0 Å². The first-order valence-electron chi connectivity index (χ1n) is 13.9. The van der Waals surface area contributed by atoms with Crippen molar-refractivity contribution < 1.29 is 24.2 Å². The zero-order valence-corrected chi connectivity index (χ0v) is 21.8. The van der Waals surface area contributed by atoms with Crippen LogP contribution in [0.25, 0.3) is 0 Å². The van der Waals surface area contributed by atoms with Gasteiger partial charge in [-0.05, 0) is 72.7 Å². The number of ether oxygens (including phenoxy) is 2. The summed E-state index contributed by atoms with van der Waals surface area (Å²) >= 11 is 0. The number of esters is 1. The number of fused-ring (bicyclic) bond motifs is 5. The predicted molar refractivity (Wildman–Crippen MR) is 129 cm³/mol. The van der Waals surface area contributed by atoms with Gasteiger partial charge in [0.1, 0.15) is 11.5 Å². The smallest absolute Gasteiger partial charge is 0.308 e. The fourth-order valence-electron chi connectivity index (χ4n) is 11.2. The number of hydrogen-bond donors (Lipinski definition) is 1. The lowest BCUT2D eigenvalue weighted by molar-refractivity contribution is -0.379. The van der Waals surface area contributed by atoms with Crippen molar-refractivity contribution in [2.45, 2.75) is 109 Å². The second-order valence-corrected chi connectivity index (χ2v) is 14.3. The summed E-state index contributed by atoms with van der Waals surface area (Å²) in [6, 6.07) is 0. The van der Waals surface area contributed by atoms with Crippen LogP contribution in [0, 0.1) is 39.9 Å². The first-order chi connectivity index (χ1) is 16.4. The van der Waals surface area contributed by atoms with Crippen LogP contribution < -0.4 is 0 Å². The Morgan fingerprint density at radius 1 is 1.11 bits per heavy atom. The topological polar surface area (TPSA) is 76.1 Å². The summed E-state index contributed by atoms with van der Waals surface area (Å²) in [6.45, 7) is 14.2. The van der Waals surface area contributed by atoms with E-state index in [-0.39, 0.29) is 46.4 Å². The van der Waals surface area contributed by atoms with Crippen LogP contribution in [0.4, 0.5) is 0 Å². The Kier molecular flexibility index (Phi) is 4.32. The van der Waals surface area contributed by atoms with Gasteiger partial charge in [0.25, 0.3) is 0 Å². The highest BCUT2D eigenvalue weighted by Crippen LogP contribution is 2.77. The Bertz CT molecular complexity index is 1040. The van der Waals surface area contributed by atoms with Gasteiger partial charge < -0.3 is 14.6 Å². The van der Waals surface area contributed by atoms with Gasteiger partial charge in [-0.3, -0.25) is 9.59 Å². The quantitative estimate of drug-likeness (QED) is 0.411. The molecule has 1 N–H and O–H groups in total. The van der Waals surface area contributed by atoms with Crippen LogP contribution in [-0.4, -0.2) is 52.0 Å². The van der Waals surface area contributed by atoms with E-state index in [0.29, 0.717) is 37.4 Å². The molecule has 0 aromatic carbocycles. The lowest BCUT2D eigenvalue weighted by Gasteiger charge is -2.76. The van der Waals surface area contributed by atoms with E-state index in [4.69, 9.17) is 9.47 Å². The molecule has 7 fully saturated rings. The van der Waals surface area contributed by atoms with Crippen molar-refractivity contribution in [3.8, 4) is 0 Å². The standard InChI is InChI=1S/C29H41NO5/c1-16-8-19-14-30-28(12-16,34-19)7-6-27(5)26(4)13-23(33)35-29(27,30)15-25(3)20-9-17(2)21(31)10-18(20)11-22(32)24(25)26/h16,18-21,24,31H,2,6-15H2,1,3-5H3/t16-,18-,19+,20+,21-,24-,25-,26-,27-,28?,29+/m0/s1. The monoisotopic (exact) mass is 483 g/mol. The number of aliphatic hydroxyl groups excluding tert-OH is 1. The number of nitrogens with zero attached hydrogens (tertiary/aromatic N) is 1. The summed E-state index contributed by atoms with van der Waals surface area (Å²) in [6.07, 6.45) is 6.40. The van der Waals surface area contributed by atoms with Crippen LogP contribution in [-0.2, 0) is 19.1 Å². The van der Waals surface area contributed by atoms with E-state index in [1.165, 1.54) is 0 Å². The Balaban J connectivity index is 1.42. The summed E-state index contributed by atoms with van der Waals surface area (Å²) < 4.78 is 13.4. The summed E-state index contributed by atoms with van der Waals surface area (Å²) in [5.74, 6) is 0.972. The Labute approximate surface area is 208 Å². The Hall–Kier alpha value is -1.24. The van der Waals surface area contributed by atoms with Gasteiger partial charge >= 0.3 is 5.97 Å². The molecule has 4 saturated heterocycles. The molecule has 0 radical (unpaired) electrons. The third-order valence-corrected chi connectivity index (χ3v) is 12.6. The summed E-state index contributed by atoms with van der Waals surface area (Å²) in [5.41, 5.74) is -1.35. The highest BCUT2D eigenvalue weighted by molar-refractivity contribution is 5.86. The van der Waals surface area contributed by atoms with Crippen molar-refractivity contribution >= 4 is 11.8 Å². The molecule has 11 atom stereocenters. The van der Waals surface area contributed by atoms with Crippen LogP contribution in [0.3, 0.4) is 0 Å². The number of carbonyl (C=O) groups excluding carboxylic acids is 2. The predicted octanol–water partition coefficient (Wildman–Crippen LogP) is 4.21. The molecule has 1 spiro atoms. The second kappa shape index (κ2) is 6.60. The molecule has 0 aromatic rings. The SMILES string of the molecule is C=C1C[C@@H]2[C@H](CC(=O)[C@H]3[C@@]2(C)C[C@@]24OC(=O)C[C@]3(C)[C@]2(C)CCC23C[C@@H](C)C[C@H](CN24)O3)C[C@@H]1O. The molecule has 0 amide bonds. The van der Waals surface area contributed by atoms with E-state index in [0.717, 1.165) is 44.2 Å². The third kappa shape index (κ3) is 2.48. The number of ketones is 1. The minimum Gasteiger partial charge on any atom is -0.443 e. The van der Waals surface area contributed by atoms with Crippen molar-refractivity contribution in [1.29, 1.82) is 0 Å². The number of rotatable bonds is 0. The molecular formula is C29H41NO5. The molecular weight excluding hydrogens is 442 g/mol. The largest absolute Gasteiger partial charge is 0.443 e. The van der Waals surface area contributed by atoms with E-state index < -0.39 is 17.2 Å². The average molecular weight is 484 g/mol. The summed E-state index contributed by atoms with van der Waals surface area (Å²) in [5, 5.41) is 10.6. The van der Waals surface area contributed by atoms with Crippen LogP contribution in [0.5, 0.6) is 0 Å². The van der Waals surface area contributed by atoms with E-state index in [1.807, 2.05) is 0 Å². The molecule has 3 aliphatic carbocycles. The van der Waals surface area contributed by atoms with Crippen LogP contribution in [0.1, 0.15) is 85.5 Å². The normalized spacial score (nSPS) is 59.2. The molecule has 192 valence electrons. The van der Waals surface area contributed by atoms with Gasteiger partial charge in [0.2, 0.25) is 0 Å². The zero-order chi connectivity index (χ0) is 24.8. The van der Waals surface area contributed by atoms with E-state index in [9.17, 15) is 14.7 Å². The minimum absolute atomic E-state index is 0.156. The number of hydrogen-bond acceptors (Lipinski definition) is 6. The van der Waals surface area contributed by atoms with Gasteiger partial charge in [-0.2, -0.15) is 0 Å². The van der Waals surface area contributed by atoms with Crippen LogP contribution >= 0.6 is 0 Å². The van der Waals surface area contributed by atoms with Crippen LogP contribution in [0.15, 0.2) is 12.2 Å². The van der Waals surface area contributed by atoms with Gasteiger partial charge in [-0.25, -0.2) is 4.90 Å². The first kappa shape index (κ1) is 22.9. The lowest BCUT2D eigenvalue weighted by atomic mass is 9.34. The van der Waals surface area contributed by atoms with E-state index in [1.54, 1.807) is 0 Å². The van der Waals surface area contributed by atoms with Crippen molar-refractivity contribution in [2.75, 3.05) is 6.54 Å². The molecule has 4 aliphatic heterocycles. The lowest BCUT2D eigenvalue weighted by Crippen LogP contribution is -2.82. The molecule has 1 unspecified atom stereocenters. The fraction of sp³-hybridized carbons (Fsp3) is 0.862. The fourth-order valence-corrected chi connectivity index (χ4v) is 11.2. The molecule has 4 bridgehead atoms. The third-order valence-electron chi connectivity index (χ3n) is 12.6. The molecule has 35 heavy (non-hydrogen) atoms. The highest BCUT2D eigenvalue weighted by Gasteiger charge is 2.82. The van der Waals surface area contributed by atoms with Gasteiger partial charge in [-0.1, -0.05) is 34.3 Å². The maximum Gasteiger partial charge on any atom is 0.308 e. The molecule has 4 heterocycles. The molecule has 6 nitrogen and oxygen atoms in total. The van der Waals surface area contributed by atoms with Crippen LogP contribution in [0.2, 0.25) is 0 Å². The molecule has 0 aromatic heterocycles. The minimum atomic E-state index is -0.765. The molecule has 6 heteroatoms. The number of aliphatic hydroxyl groups is 1. The highest BCUT2D eigenvalue weighted by atomic mass is 16.6. The molecule has 7 rings (SSSR count). The molecule has 3 saturated carbocycles. The van der Waals surface area contributed by atoms with Gasteiger partial charge in [-0.15, -0.1) is 0 Å². The Morgan fingerprint density at radius 2 is 1.89 bits per heavy atom. The maximum absolute atomic E-state index is 14.1. The maximum atomic E-state index is 14.1. The second-order valence-electron chi connectivity index (χ2n) is 14.3. The van der Waals surface area contributed by atoms with Crippen molar-refractivity contribution in [3.05, 3.63) is 12.2 Å². The first-order valence-corrected chi connectivity index (χ1v) is 13.9. The van der Waals surface area contributed by atoms with Crippen molar-refractivity contribution in [2.24, 2.45) is 39.9 Å². The van der Waals surface area contributed by atoms with E-state index in [2.05, 4.69) is 39.2 Å². The van der Waals surface area contributed by atoms with Gasteiger partial charge in [0.05, 0.1) is 18.6 Å². The Morgan fingerprint density at radius 3 is 2.66 bits per heavy atom. The van der Waals surface area contributed by atoms with Gasteiger partial charge in [0, 0.05) is 30.7 Å². The number of piperidine rings is 1. The summed E-state index contributed by atoms with van der Waals surface area (Å²) in [4.78, 5) is 30.0. The number of Topliss-reactive ketones (excluding diaryl/α,β-unsaturated/α-hetero) is 1. The van der Waals surface area contributed by atoms with Crippen molar-refractivity contribution in [1.82, 2.24) is 4.90 Å². The number of carbonyl (C=O) groups is 2. The van der Waals surface area contributed by atoms with E-state index >= 15 is 0 Å². The van der Waals surface area contributed by atoms with Gasteiger partial charge in [0.15, 0.2) is 5.72 Å². The zero-order valence-electron chi connectivity index (χ0n) is 21.8. The average Bonchev–Trinajstić information content (AvgIpc) is 3.02. The molecule has 7 aliphatic rings. The summed E-state index contributed by atoms with van der Waals surface area (Å²) in [7, 11) is 0.